The van der Waals surface area contributed by atoms with Gasteiger partial charge in [0, 0.05) is 17.0 Å². The predicted octanol–water partition coefficient (Wildman–Crippen LogP) is 4.01. The molecule has 0 saturated heterocycles. The number of thiocarbonyl (C=S) groups is 1. The molecule has 0 bridgehead atoms. The van der Waals surface area contributed by atoms with Crippen LogP contribution in [0, 0.1) is 12.3 Å². The van der Waals surface area contributed by atoms with Gasteiger partial charge < -0.3 is 10.5 Å². The van der Waals surface area contributed by atoms with E-state index in [-0.39, 0.29) is 22.4 Å². The number of aryl methyl sites for hydroxylation is 1. The van der Waals surface area contributed by atoms with Crippen LogP contribution in [0.1, 0.15) is 24.0 Å². The Labute approximate surface area is 174 Å². The molecule has 0 aliphatic heterocycles. The maximum Gasteiger partial charge on any atom is 0.182 e. The Morgan fingerprint density at radius 1 is 1.19 bits per heavy atom. The summed E-state index contributed by atoms with van der Waals surface area (Å²) in [4.78, 5) is 0.472. The third-order valence-corrected chi connectivity index (χ3v) is 8.37. The van der Waals surface area contributed by atoms with E-state index in [2.05, 4.69) is 15.9 Å². The first-order valence-electron chi connectivity index (χ1n) is 8.69. The minimum Gasteiger partial charge on any atom is -0.393 e. The summed E-state index contributed by atoms with van der Waals surface area (Å²) in [6, 6.07) is 14.5. The number of benzene rings is 2. The molecule has 1 saturated carbocycles. The van der Waals surface area contributed by atoms with Gasteiger partial charge in [0.1, 0.15) is 0 Å². The van der Waals surface area contributed by atoms with Crippen molar-refractivity contribution in [1.29, 1.82) is 0 Å². The van der Waals surface area contributed by atoms with Gasteiger partial charge in [-0.2, -0.15) is 0 Å². The fraction of sp³-hybridized carbons (Fsp3) is 0.350. The van der Waals surface area contributed by atoms with Crippen LogP contribution in [0.25, 0.3) is 0 Å². The number of nitrogens with two attached hydrogens (primary N) is 1. The zero-order chi connectivity index (χ0) is 19.8. The lowest BCUT2D eigenvalue weighted by Gasteiger charge is -2.17. The molecule has 2 N–H and O–H groups in total. The molecule has 0 amide bonds. The van der Waals surface area contributed by atoms with Gasteiger partial charge in [0.2, 0.25) is 0 Å². The third-order valence-electron chi connectivity index (χ3n) is 5.17. The van der Waals surface area contributed by atoms with E-state index in [4.69, 9.17) is 22.7 Å². The van der Waals surface area contributed by atoms with Crippen molar-refractivity contribution in [2.45, 2.75) is 29.9 Å². The lowest BCUT2D eigenvalue weighted by atomic mass is 10.00. The summed E-state index contributed by atoms with van der Waals surface area (Å²) >= 11 is 8.77. The minimum absolute atomic E-state index is 0.185. The fourth-order valence-electron chi connectivity index (χ4n) is 3.69. The van der Waals surface area contributed by atoms with E-state index < -0.39 is 20.5 Å². The van der Waals surface area contributed by atoms with E-state index in [0.717, 1.165) is 15.6 Å². The van der Waals surface area contributed by atoms with Crippen LogP contribution in [0.3, 0.4) is 0 Å². The molecular formula is C20H22BrNO3S2. The standard InChI is InChI=1S/C20H22BrNO3S2/c1-3-25-12-20(19(22)26)17(14-6-8-15(21)9-7-14)18(20)27(23,24)16-10-4-13(2)5-11-16/h4-11,17-18H,3,12H2,1-2H3,(H2,22,26)/t17-,18-,20+/m0/s1. The van der Waals surface area contributed by atoms with Crippen LogP contribution < -0.4 is 5.73 Å². The van der Waals surface area contributed by atoms with Crippen LogP contribution in [0.4, 0.5) is 0 Å². The molecule has 0 unspecified atom stereocenters. The average Bonchev–Trinajstić information content (AvgIpc) is 3.32. The van der Waals surface area contributed by atoms with Crippen LogP contribution in [-0.4, -0.2) is 31.9 Å². The molecule has 4 nitrogen and oxygen atoms in total. The lowest BCUT2D eigenvalue weighted by molar-refractivity contribution is 0.121. The van der Waals surface area contributed by atoms with Crippen molar-refractivity contribution in [1.82, 2.24) is 0 Å². The van der Waals surface area contributed by atoms with Crippen LogP contribution in [0.5, 0.6) is 0 Å². The summed E-state index contributed by atoms with van der Waals surface area (Å²) in [5, 5.41) is -0.738. The Morgan fingerprint density at radius 2 is 1.78 bits per heavy atom. The van der Waals surface area contributed by atoms with E-state index in [0.29, 0.717) is 6.61 Å². The maximum atomic E-state index is 13.5. The van der Waals surface area contributed by atoms with Gasteiger partial charge in [-0.05, 0) is 43.7 Å². The number of hydrogen-bond acceptors (Lipinski definition) is 4. The van der Waals surface area contributed by atoms with Crippen molar-refractivity contribution in [2.24, 2.45) is 11.1 Å². The first kappa shape index (κ1) is 20.5. The second-order valence-corrected chi connectivity index (χ2v) is 10.3. The second-order valence-electron chi connectivity index (χ2n) is 6.85. The van der Waals surface area contributed by atoms with Crippen molar-refractivity contribution in [3.63, 3.8) is 0 Å². The van der Waals surface area contributed by atoms with Crippen LogP contribution in [0.2, 0.25) is 0 Å². The highest BCUT2D eigenvalue weighted by Crippen LogP contribution is 2.64. The Balaban J connectivity index is 2.10. The van der Waals surface area contributed by atoms with Gasteiger partial charge in [0.25, 0.3) is 0 Å². The fourth-order valence-corrected chi connectivity index (χ4v) is 6.72. The molecule has 0 aromatic heterocycles. The number of rotatable bonds is 7. The molecule has 2 aromatic rings. The van der Waals surface area contributed by atoms with Crippen molar-refractivity contribution < 1.29 is 13.2 Å². The summed E-state index contributed by atoms with van der Waals surface area (Å²) in [5.41, 5.74) is 7.10. The number of sulfone groups is 1. The Kier molecular flexibility index (Phi) is 5.77. The largest absolute Gasteiger partial charge is 0.393 e. The van der Waals surface area contributed by atoms with Crippen LogP contribution in [0.15, 0.2) is 57.9 Å². The van der Waals surface area contributed by atoms with E-state index >= 15 is 0 Å². The van der Waals surface area contributed by atoms with Gasteiger partial charge in [0.15, 0.2) is 9.84 Å². The Bertz CT molecular complexity index is 942. The Morgan fingerprint density at radius 3 is 2.30 bits per heavy atom. The highest BCUT2D eigenvalue weighted by Gasteiger charge is 2.73. The van der Waals surface area contributed by atoms with Crippen molar-refractivity contribution in [2.75, 3.05) is 13.2 Å². The number of ether oxygens (including phenoxy) is 1. The molecule has 1 aliphatic carbocycles. The third kappa shape index (κ3) is 3.58. The zero-order valence-corrected chi connectivity index (χ0v) is 18.4. The molecule has 0 radical (unpaired) electrons. The van der Waals surface area contributed by atoms with Crippen molar-refractivity contribution in [3.05, 3.63) is 64.1 Å². The van der Waals surface area contributed by atoms with Gasteiger partial charge in [-0.1, -0.05) is 58.0 Å². The SMILES string of the molecule is CCOC[C@@]1(C(N)=S)[C@@H](c2ccc(Br)cc2)[C@@H]1S(=O)(=O)c1ccc(C)cc1. The van der Waals surface area contributed by atoms with Gasteiger partial charge in [-0.3, -0.25) is 0 Å². The smallest absolute Gasteiger partial charge is 0.182 e. The van der Waals surface area contributed by atoms with E-state index in [1.807, 2.05) is 38.1 Å². The quantitative estimate of drug-likeness (QED) is 0.622. The second kappa shape index (κ2) is 7.62. The monoisotopic (exact) mass is 467 g/mol. The Hall–Kier alpha value is -1.28. The minimum atomic E-state index is -3.63. The lowest BCUT2D eigenvalue weighted by Crippen LogP contribution is -2.33. The highest BCUT2D eigenvalue weighted by atomic mass is 79.9. The molecule has 27 heavy (non-hydrogen) atoms. The van der Waals surface area contributed by atoms with E-state index in [1.165, 1.54) is 0 Å². The summed E-state index contributed by atoms with van der Waals surface area (Å²) in [6.45, 7) is 4.45. The summed E-state index contributed by atoms with van der Waals surface area (Å²) in [7, 11) is -3.63. The molecular weight excluding hydrogens is 446 g/mol. The molecule has 144 valence electrons. The van der Waals surface area contributed by atoms with Gasteiger partial charge in [-0.15, -0.1) is 0 Å². The molecule has 1 aliphatic rings. The number of hydrogen-bond donors (Lipinski definition) is 1. The van der Waals surface area contributed by atoms with E-state index in [1.54, 1.807) is 24.3 Å². The number of halogens is 1. The average molecular weight is 468 g/mol. The first-order valence-corrected chi connectivity index (χ1v) is 11.4. The van der Waals surface area contributed by atoms with E-state index in [9.17, 15) is 8.42 Å². The summed E-state index contributed by atoms with van der Waals surface area (Å²) in [6.07, 6.45) is 0. The van der Waals surface area contributed by atoms with Crippen LogP contribution in [-0.2, 0) is 14.6 Å². The molecule has 3 atom stereocenters. The topological polar surface area (TPSA) is 69.4 Å². The van der Waals surface area contributed by atoms with Crippen molar-refractivity contribution in [3.8, 4) is 0 Å². The maximum absolute atomic E-state index is 13.5. The van der Waals surface area contributed by atoms with Gasteiger partial charge >= 0.3 is 0 Å². The van der Waals surface area contributed by atoms with Crippen LogP contribution >= 0.6 is 28.1 Å². The normalized spacial score (nSPS) is 24.6. The molecule has 1 fully saturated rings. The first-order chi connectivity index (χ1) is 12.7. The molecule has 3 rings (SSSR count). The van der Waals surface area contributed by atoms with Gasteiger partial charge in [0.05, 0.1) is 27.2 Å². The highest BCUT2D eigenvalue weighted by molar-refractivity contribution is 9.10. The molecule has 0 heterocycles. The van der Waals surface area contributed by atoms with Crippen molar-refractivity contribution >= 4 is 43.0 Å². The zero-order valence-electron chi connectivity index (χ0n) is 15.2. The molecule has 2 aromatic carbocycles. The molecule has 0 spiro atoms. The molecule has 7 heteroatoms. The predicted molar refractivity (Wildman–Crippen MR) is 115 cm³/mol. The van der Waals surface area contributed by atoms with Gasteiger partial charge in [-0.25, -0.2) is 8.42 Å². The summed E-state index contributed by atoms with van der Waals surface area (Å²) < 4.78 is 33.5. The summed E-state index contributed by atoms with van der Waals surface area (Å²) in [5.74, 6) is -0.332.